The Kier molecular flexibility index (Phi) is 5.21. The van der Waals surface area contributed by atoms with E-state index < -0.39 is 0 Å². The summed E-state index contributed by atoms with van der Waals surface area (Å²) in [4.78, 5) is 17.5. The highest BCUT2D eigenvalue weighted by molar-refractivity contribution is 6.09. The zero-order chi connectivity index (χ0) is 22.9. The van der Waals surface area contributed by atoms with Gasteiger partial charge in [0.15, 0.2) is 0 Å². The fourth-order valence-electron chi connectivity index (χ4n) is 3.65. The van der Waals surface area contributed by atoms with Crippen LogP contribution in [-0.2, 0) is 13.5 Å². The van der Waals surface area contributed by atoms with E-state index in [2.05, 4.69) is 32.6 Å². The molecule has 168 valence electrons. The SMILES string of the molecule is CCCc1nc(-c2ccc(C)c(NC(=O)c3cnn4cc(-c5ccn(C)n5)ccc34)c2)no1.[HH]. The number of carbonyl (C=O) groups is 1. The van der Waals surface area contributed by atoms with Crippen LogP contribution in [0.15, 0.2) is 59.5 Å². The second-order valence-corrected chi connectivity index (χ2v) is 7.93. The van der Waals surface area contributed by atoms with Crippen molar-refractivity contribution in [2.75, 3.05) is 5.32 Å². The van der Waals surface area contributed by atoms with E-state index in [9.17, 15) is 4.79 Å². The molecule has 9 nitrogen and oxygen atoms in total. The number of hydrogen-bond donors (Lipinski definition) is 1. The Morgan fingerprint density at radius 3 is 2.82 bits per heavy atom. The van der Waals surface area contributed by atoms with Gasteiger partial charge in [-0.15, -0.1) is 0 Å². The number of anilines is 1. The number of benzene rings is 1. The van der Waals surface area contributed by atoms with Crippen molar-refractivity contribution in [3.63, 3.8) is 0 Å². The molecule has 0 saturated heterocycles. The lowest BCUT2D eigenvalue weighted by Gasteiger charge is -2.09. The van der Waals surface area contributed by atoms with Crippen molar-refractivity contribution >= 4 is 17.1 Å². The molecule has 1 aromatic carbocycles. The number of fused-ring (bicyclic) bond motifs is 1. The summed E-state index contributed by atoms with van der Waals surface area (Å²) in [7, 11) is 1.87. The van der Waals surface area contributed by atoms with Crippen LogP contribution in [0.5, 0.6) is 0 Å². The summed E-state index contributed by atoms with van der Waals surface area (Å²) in [5.41, 5.74) is 5.35. The molecular formula is C24H25N7O2. The van der Waals surface area contributed by atoms with E-state index in [0.717, 1.165) is 35.2 Å². The van der Waals surface area contributed by atoms with Crippen LogP contribution in [0.1, 0.15) is 36.6 Å². The summed E-state index contributed by atoms with van der Waals surface area (Å²) in [6, 6.07) is 11.5. The number of aryl methyl sites for hydroxylation is 3. The summed E-state index contributed by atoms with van der Waals surface area (Å²) < 4.78 is 8.73. The third-order valence-electron chi connectivity index (χ3n) is 5.45. The van der Waals surface area contributed by atoms with Gasteiger partial charge in [0.05, 0.1) is 23.0 Å². The molecule has 5 aromatic rings. The Hall–Kier alpha value is -4.27. The fourth-order valence-corrected chi connectivity index (χ4v) is 3.65. The summed E-state index contributed by atoms with van der Waals surface area (Å²) in [6.07, 6.45) is 6.99. The molecule has 0 fully saturated rings. The number of aromatic nitrogens is 6. The highest BCUT2D eigenvalue weighted by Crippen LogP contribution is 2.25. The van der Waals surface area contributed by atoms with Gasteiger partial charge in [0.2, 0.25) is 11.7 Å². The third kappa shape index (κ3) is 4.00. The predicted octanol–water partition coefficient (Wildman–Crippen LogP) is 4.54. The number of hydrogen-bond acceptors (Lipinski definition) is 6. The Bertz CT molecular complexity index is 1470. The second kappa shape index (κ2) is 8.34. The van der Waals surface area contributed by atoms with Crippen LogP contribution in [0, 0.1) is 6.92 Å². The van der Waals surface area contributed by atoms with Crippen molar-refractivity contribution in [2.24, 2.45) is 7.05 Å². The molecule has 0 spiro atoms. The van der Waals surface area contributed by atoms with Crippen LogP contribution >= 0.6 is 0 Å². The lowest BCUT2D eigenvalue weighted by molar-refractivity contribution is 0.102. The number of amides is 1. The van der Waals surface area contributed by atoms with E-state index in [1.807, 2.05) is 62.8 Å². The van der Waals surface area contributed by atoms with E-state index in [0.29, 0.717) is 28.5 Å². The molecule has 0 aliphatic heterocycles. The highest BCUT2D eigenvalue weighted by Gasteiger charge is 2.16. The molecule has 0 bridgehead atoms. The molecule has 0 saturated carbocycles. The van der Waals surface area contributed by atoms with Gasteiger partial charge in [-0.05, 0) is 43.2 Å². The fraction of sp³-hybridized carbons (Fsp3) is 0.208. The molecule has 1 N–H and O–H groups in total. The lowest BCUT2D eigenvalue weighted by atomic mass is 10.1. The van der Waals surface area contributed by atoms with Crippen LogP contribution < -0.4 is 5.32 Å². The molecular weight excluding hydrogens is 418 g/mol. The number of pyridine rings is 1. The topological polar surface area (TPSA) is 103 Å². The normalized spacial score (nSPS) is 11.2. The van der Waals surface area contributed by atoms with Crippen LogP contribution in [0.4, 0.5) is 5.69 Å². The minimum absolute atomic E-state index is 0. The molecule has 33 heavy (non-hydrogen) atoms. The van der Waals surface area contributed by atoms with Gasteiger partial charge < -0.3 is 9.84 Å². The largest absolute Gasteiger partial charge is 0.339 e. The molecule has 0 radical (unpaired) electrons. The Labute approximate surface area is 191 Å². The molecule has 9 heteroatoms. The van der Waals surface area contributed by atoms with Crippen LogP contribution in [0.2, 0.25) is 0 Å². The average molecular weight is 444 g/mol. The molecule has 1 amide bonds. The quantitative estimate of drug-likeness (QED) is 0.413. The van der Waals surface area contributed by atoms with Crippen LogP contribution in [0.3, 0.4) is 0 Å². The smallest absolute Gasteiger partial charge is 0.259 e. The zero-order valence-corrected chi connectivity index (χ0v) is 18.6. The molecule has 4 heterocycles. The van der Waals surface area contributed by atoms with E-state index >= 15 is 0 Å². The molecule has 4 aromatic heterocycles. The minimum atomic E-state index is -0.240. The van der Waals surface area contributed by atoms with Gasteiger partial charge in [0.1, 0.15) is 0 Å². The molecule has 0 atom stereocenters. The van der Waals surface area contributed by atoms with E-state index in [1.165, 1.54) is 0 Å². The Morgan fingerprint density at radius 2 is 2.03 bits per heavy atom. The average Bonchev–Trinajstić information content (AvgIpc) is 3.54. The predicted molar refractivity (Wildman–Crippen MR) is 126 cm³/mol. The van der Waals surface area contributed by atoms with Crippen molar-refractivity contribution in [2.45, 2.75) is 26.7 Å². The van der Waals surface area contributed by atoms with Crippen molar-refractivity contribution in [1.82, 2.24) is 29.5 Å². The van der Waals surface area contributed by atoms with Gasteiger partial charge in [-0.1, -0.05) is 24.2 Å². The number of rotatable bonds is 6. The van der Waals surface area contributed by atoms with Gasteiger partial charge in [0.25, 0.3) is 5.91 Å². The standard InChI is InChI=1S/C24H23N7O2.H2/c1-4-5-22-27-23(29-33-22)16-7-6-15(2)20(12-16)26-24(32)18-13-25-31-14-17(8-9-21(18)31)19-10-11-30(3)28-19;/h6-14H,4-5H2,1-3H3,(H,26,32);1H. The third-order valence-corrected chi connectivity index (χ3v) is 5.45. The Balaban J connectivity index is 0.00000274. The van der Waals surface area contributed by atoms with Gasteiger partial charge in [0, 0.05) is 44.1 Å². The number of carbonyl (C=O) groups excluding carboxylic acids is 1. The van der Waals surface area contributed by atoms with E-state index in [-0.39, 0.29) is 7.33 Å². The summed E-state index contributed by atoms with van der Waals surface area (Å²) in [6.45, 7) is 4.00. The van der Waals surface area contributed by atoms with Crippen molar-refractivity contribution in [3.05, 3.63) is 72.0 Å². The highest BCUT2D eigenvalue weighted by atomic mass is 16.5. The maximum Gasteiger partial charge on any atom is 0.259 e. The first-order valence-corrected chi connectivity index (χ1v) is 10.7. The monoisotopic (exact) mass is 443 g/mol. The maximum absolute atomic E-state index is 13.1. The van der Waals surface area contributed by atoms with Gasteiger partial charge in [-0.2, -0.15) is 15.2 Å². The first-order valence-electron chi connectivity index (χ1n) is 10.7. The van der Waals surface area contributed by atoms with E-state index in [1.54, 1.807) is 15.4 Å². The van der Waals surface area contributed by atoms with Crippen LogP contribution in [0.25, 0.3) is 28.2 Å². The first kappa shape index (κ1) is 20.6. The summed E-state index contributed by atoms with van der Waals surface area (Å²) >= 11 is 0. The van der Waals surface area contributed by atoms with E-state index in [4.69, 9.17) is 4.52 Å². The number of nitrogens with one attached hydrogen (secondary N) is 1. The molecule has 0 aliphatic carbocycles. The first-order chi connectivity index (χ1) is 16.0. The van der Waals surface area contributed by atoms with Crippen LogP contribution in [-0.4, -0.2) is 35.4 Å². The minimum Gasteiger partial charge on any atom is -0.339 e. The van der Waals surface area contributed by atoms with Gasteiger partial charge >= 0.3 is 0 Å². The van der Waals surface area contributed by atoms with Crippen molar-refractivity contribution in [1.29, 1.82) is 0 Å². The molecule has 0 aliphatic rings. The zero-order valence-electron chi connectivity index (χ0n) is 18.6. The molecule has 0 unspecified atom stereocenters. The lowest BCUT2D eigenvalue weighted by Crippen LogP contribution is -2.12. The second-order valence-electron chi connectivity index (χ2n) is 7.93. The summed E-state index contributed by atoms with van der Waals surface area (Å²) in [5.74, 6) is 0.873. The van der Waals surface area contributed by atoms with Crippen molar-refractivity contribution in [3.8, 4) is 22.6 Å². The Morgan fingerprint density at radius 1 is 1.18 bits per heavy atom. The number of nitrogens with zero attached hydrogens (tertiary/aromatic N) is 6. The van der Waals surface area contributed by atoms with Crippen molar-refractivity contribution < 1.29 is 10.7 Å². The maximum atomic E-state index is 13.1. The summed E-state index contributed by atoms with van der Waals surface area (Å²) in [5, 5.41) is 15.9. The molecule has 5 rings (SSSR count). The van der Waals surface area contributed by atoms with Gasteiger partial charge in [-0.3, -0.25) is 9.48 Å². The van der Waals surface area contributed by atoms with Gasteiger partial charge in [-0.25, -0.2) is 4.52 Å².